The normalized spacial score (nSPS) is 20.0. The van der Waals surface area contributed by atoms with E-state index in [4.69, 9.17) is 11.6 Å². The van der Waals surface area contributed by atoms with Gasteiger partial charge >= 0.3 is 6.18 Å². The van der Waals surface area contributed by atoms with E-state index < -0.39 is 12.7 Å². The second-order valence-corrected chi connectivity index (χ2v) is 4.60. The van der Waals surface area contributed by atoms with Gasteiger partial charge in [0.25, 0.3) is 0 Å². The van der Waals surface area contributed by atoms with Crippen molar-refractivity contribution in [3.8, 4) is 0 Å². The lowest BCUT2D eigenvalue weighted by molar-refractivity contribution is -0.148. The molecule has 1 saturated heterocycles. The van der Waals surface area contributed by atoms with E-state index >= 15 is 0 Å². The quantitative estimate of drug-likeness (QED) is 0.831. The van der Waals surface area contributed by atoms with Crippen molar-refractivity contribution >= 4 is 11.6 Å². The molecule has 0 aliphatic carbocycles. The molecule has 0 spiro atoms. The van der Waals surface area contributed by atoms with Crippen molar-refractivity contribution in [2.75, 3.05) is 26.2 Å². The smallest absolute Gasteiger partial charge is 0.309 e. The molecule has 0 radical (unpaired) electrons. The maximum Gasteiger partial charge on any atom is 0.401 e. The van der Waals surface area contributed by atoms with Crippen LogP contribution < -0.4 is 5.32 Å². The molecule has 0 atom stereocenters. The Morgan fingerprint density at radius 2 is 1.94 bits per heavy atom. The van der Waals surface area contributed by atoms with Gasteiger partial charge in [-0.3, -0.25) is 4.90 Å². The van der Waals surface area contributed by atoms with Crippen LogP contribution in [-0.2, 0) is 0 Å². The average Bonchev–Trinajstić information content (AvgIpc) is 2.14. The van der Waals surface area contributed by atoms with Crippen LogP contribution in [0.25, 0.3) is 0 Å². The second-order valence-electron chi connectivity index (χ2n) is 4.06. The summed E-state index contributed by atoms with van der Waals surface area (Å²) in [5, 5.41) is 3.69. The zero-order valence-corrected chi connectivity index (χ0v) is 9.74. The first-order chi connectivity index (χ1) is 7.37. The van der Waals surface area contributed by atoms with Crippen LogP contribution in [0.4, 0.5) is 13.2 Å². The van der Waals surface area contributed by atoms with E-state index in [1.54, 1.807) is 0 Å². The van der Waals surface area contributed by atoms with Gasteiger partial charge in [-0.2, -0.15) is 13.2 Å². The van der Waals surface area contributed by atoms with E-state index in [1.165, 1.54) is 4.90 Å². The summed E-state index contributed by atoms with van der Waals surface area (Å²) in [6.07, 6.45) is -2.65. The number of rotatable bonds is 4. The third-order valence-corrected chi connectivity index (χ3v) is 2.71. The fraction of sp³-hybridized carbons (Fsp3) is 0.800. The van der Waals surface area contributed by atoms with Gasteiger partial charge in [0.15, 0.2) is 0 Å². The van der Waals surface area contributed by atoms with Gasteiger partial charge in [-0.1, -0.05) is 18.2 Å². The summed E-state index contributed by atoms with van der Waals surface area (Å²) in [5.41, 5.74) is 0. The van der Waals surface area contributed by atoms with E-state index in [0.717, 1.165) is 12.8 Å². The lowest BCUT2D eigenvalue weighted by Gasteiger charge is -2.32. The van der Waals surface area contributed by atoms with E-state index in [1.807, 2.05) is 0 Å². The van der Waals surface area contributed by atoms with Crippen LogP contribution in [0.15, 0.2) is 11.6 Å². The molecule has 0 aromatic heterocycles. The summed E-state index contributed by atoms with van der Waals surface area (Å²) >= 11 is 5.60. The Labute approximate surface area is 98.4 Å². The summed E-state index contributed by atoms with van der Waals surface area (Å²) in [5.74, 6) is 0. The first kappa shape index (κ1) is 13.8. The van der Waals surface area contributed by atoms with Crippen LogP contribution in [0, 0.1) is 0 Å². The standard InChI is InChI=1S/C10H16ClF3N2/c1-8(11)6-15-9-2-4-16(5-3-9)7-10(12,13)14/h9,15H,1-7H2. The van der Waals surface area contributed by atoms with Crippen molar-refractivity contribution in [1.29, 1.82) is 0 Å². The van der Waals surface area contributed by atoms with Crippen LogP contribution in [-0.4, -0.2) is 43.3 Å². The van der Waals surface area contributed by atoms with Gasteiger partial charge in [-0.25, -0.2) is 0 Å². The van der Waals surface area contributed by atoms with Crippen molar-refractivity contribution in [2.24, 2.45) is 0 Å². The maximum atomic E-state index is 12.1. The molecule has 0 aromatic carbocycles. The van der Waals surface area contributed by atoms with Gasteiger partial charge in [-0.15, -0.1) is 0 Å². The molecule has 1 N–H and O–H groups in total. The molecular weight excluding hydrogens is 241 g/mol. The van der Waals surface area contributed by atoms with Crippen molar-refractivity contribution in [1.82, 2.24) is 10.2 Å². The van der Waals surface area contributed by atoms with E-state index in [2.05, 4.69) is 11.9 Å². The van der Waals surface area contributed by atoms with Gasteiger partial charge in [0.2, 0.25) is 0 Å². The highest BCUT2D eigenvalue weighted by Crippen LogP contribution is 2.19. The van der Waals surface area contributed by atoms with Gasteiger partial charge in [0.1, 0.15) is 0 Å². The number of nitrogens with one attached hydrogen (secondary N) is 1. The topological polar surface area (TPSA) is 15.3 Å². The summed E-state index contributed by atoms with van der Waals surface area (Å²) in [6.45, 7) is 4.22. The molecule has 0 saturated carbocycles. The molecular formula is C10H16ClF3N2. The minimum Gasteiger partial charge on any atom is -0.309 e. The number of halogens is 4. The molecule has 1 heterocycles. The molecule has 1 fully saturated rings. The molecule has 94 valence electrons. The largest absolute Gasteiger partial charge is 0.401 e. The van der Waals surface area contributed by atoms with Crippen LogP contribution in [0.2, 0.25) is 0 Å². The monoisotopic (exact) mass is 256 g/mol. The van der Waals surface area contributed by atoms with E-state index in [0.29, 0.717) is 24.7 Å². The number of alkyl halides is 3. The summed E-state index contributed by atoms with van der Waals surface area (Å²) in [4.78, 5) is 1.44. The lowest BCUT2D eigenvalue weighted by Crippen LogP contribution is -2.45. The summed E-state index contributed by atoms with van der Waals surface area (Å²) in [6, 6.07) is 0.250. The number of piperidine rings is 1. The van der Waals surface area contributed by atoms with E-state index in [-0.39, 0.29) is 6.04 Å². The van der Waals surface area contributed by atoms with Crippen LogP contribution in [0.1, 0.15) is 12.8 Å². The Kier molecular flexibility index (Phi) is 5.08. The number of hydrogen-bond acceptors (Lipinski definition) is 2. The SMILES string of the molecule is C=C(Cl)CNC1CCN(CC(F)(F)F)CC1. The minimum atomic E-state index is -4.09. The Hall–Kier alpha value is -0.260. The molecule has 0 unspecified atom stereocenters. The molecule has 0 bridgehead atoms. The van der Waals surface area contributed by atoms with Crippen molar-refractivity contribution < 1.29 is 13.2 Å². The zero-order chi connectivity index (χ0) is 12.2. The molecule has 1 aliphatic rings. The van der Waals surface area contributed by atoms with E-state index in [9.17, 15) is 13.2 Å². The first-order valence-electron chi connectivity index (χ1n) is 5.22. The van der Waals surface area contributed by atoms with Crippen molar-refractivity contribution in [2.45, 2.75) is 25.1 Å². The summed E-state index contributed by atoms with van der Waals surface area (Å²) in [7, 11) is 0. The Bertz CT molecular complexity index is 235. The Morgan fingerprint density at radius 3 is 2.38 bits per heavy atom. The minimum absolute atomic E-state index is 0.250. The summed E-state index contributed by atoms with van der Waals surface area (Å²) < 4.78 is 36.3. The highest BCUT2D eigenvalue weighted by Gasteiger charge is 2.32. The molecule has 2 nitrogen and oxygen atoms in total. The predicted molar refractivity (Wildman–Crippen MR) is 58.5 cm³/mol. The zero-order valence-electron chi connectivity index (χ0n) is 8.99. The first-order valence-corrected chi connectivity index (χ1v) is 5.60. The maximum absolute atomic E-state index is 12.1. The average molecular weight is 257 g/mol. The molecule has 0 amide bonds. The van der Waals surface area contributed by atoms with Gasteiger partial charge in [0.05, 0.1) is 6.54 Å². The second kappa shape index (κ2) is 5.89. The Balaban J connectivity index is 2.21. The molecule has 1 aliphatic heterocycles. The lowest BCUT2D eigenvalue weighted by atomic mass is 10.1. The third-order valence-electron chi connectivity index (χ3n) is 2.57. The molecule has 16 heavy (non-hydrogen) atoms. The molecule has 6 heteroatoms. The van der Waals surface area contributed by atoms with Gasteiger partial charge in [-0.05, 0) is 25.9 Å². The van der Waals surface area contributed by atoms with Gasteiger partial charge in [0, 0.05) is 17.6 Å². The van der Waals surface area contributed by atoms with Crippen molar-refractivity contribution in [3.05, 3.63) is 11.6 Å². The number of likely N-dealkylation sites (tertiary alicyclic amines) is 1. The van der Waals surface area contributed by atoms with Crippen LogP contribution >= 0.6 is 11.6 Å². The van der Waals surface area contributed by atoms with Crippen LogP contribution in [0.5, 0.6) is 0 Å². The van der Waals surface area contributed by atoms with Crippen LogP contribution in [0.3, 0.4) is 0 Å². The fourth-order valence-corrected chi connectivity index (χ4v) is 1.88. The molecule has 0 aromatic rings. The highest BCUT2D eigenvalue weighted by atomic mass is 35.5. The third kappa shape index (κ3) is 5.72. The highest BCUT2D eigenvalue weighted by molar-refractivity contribution is 6.29. The predicted octanol–water partition coefficient (Wildman–Crippen LogP) is 2.36. The fourth-order valence-electron chi connectivity index (χ4n) is 1.80. The van der Waals surface area contributed by atoms with Crippen molar-refractivity contribution in [3.63, 3.8) is 0 Å². The Morgan fingerprint density at radius 1 is 1.38 bits per heavy atom. The van der Waals surface area contributed by atoms with Gasteiger partial charge < -0.3 is 5.32 Å². The number of nitrogens with zero attached hydrogens (tertiary/aromatic N) is 1. The number of hydrogen-bond donors (Lipinski definition) is 1. The molecule has 1 rings (SSSR count).